The van der Waals surface area contributed by atoms with Crippen LogP contribution in [0.25, 0.3) is 0 Å². The highest BCUT2D eigenvalue weighted by Gasteiger charge is 1.97. The van der Waals surface area contributed by atoms with Gasteiger partial charge in [0.1, 0.15) is 5.75 Å². The maximum atomic E-state index is 9.30. The summed E-state index contributed by atoms with van der Waals surface area (Å²) >= 11 is 4.71. The van der Waals surface area contributed by atoms with Crippen molar-refractivity contribution in [3.05, 3.63) is 39.8 Å². The summed E-state index contributed by atoms with van der Waals surface area (Å²) in [6.45, 7) is 0. The zero-order chi connectivity index (χ0) is 11.4. The number of hydrazone groups is 1. The molecule has 4 nitrogen and oxygen atoms in total. The van der Waals surface area contributed by atoms with Crippen LogP contribution in [0.1, 0.15) is 5.56 Å². The molecule has 0 saturated carbocycles. The van der Waals surface area contributed by atoms with Crippen molar-refractivity contribution in [1.82, 2.24) is 4.98 Å². The Kier molecular flexibility index (Phi) is 3.53. The number of phenols is 1. The standard InChI is InChI=1S/C10H8BrN3OS/c11-8-5-7(1-2-9(8)15)6-13-14-10-12-3-4-16-10/h1-6,15H,(H,12,14)/b13-6-. The Balaban J connectivity index is 2.03. The highest BCUT2D eigenvalue weighted by Crippen LogP contribution is 2.23. The fourth-order valence-electron chi connectivity index (χ4n) is 1.04. The lowest BCUT2D eigenvalue weighted by atomic mass is 10.2. The number of thiazole rings is 1. The smallest absolute Gasteiger partial charge is 0.203 e. The highest BCUT2D eigenvalue weighted by atomic mass is 79.9. The van der Waals surface area contributed by atoms with E-state index in [1.807, 2.05) is 5.38 Å². The Morgan fingerprint density at radius 2 is 2.38 bits per heavy atom. The zero-order valence-electron chi connectivity index (χ0n) is 8.09. The molecule has 0 aliphatic carbocycles. The molecule has 0 spiro atoms. The first-order chi connectivity index (χ1) is 7.75. The maximum absolute atomic E-state index is 9.30. The molecule has 1 aromatic carbocycles. The fraction of sp³-hybridized carbons (Fsp3) is 0. The molecule has 0 unspecified atom stereocenters. The number of phenolic OH excluding ortho intramolecular Hbond substituents is 1. The van der Waals surface area contributed by atoms with Crippen LogP contribution in [0.4, 0.5) is 5.13 Å². The van der Waals surface area contributed by atoms with Gasteiger partial charge < -0.3 is 5.11 Å². The van der Waals surface area contributed by atoms with E-state index in [1.165, 1.54) is 11.3 Å². The predicted molar refractivity (Wildman–Crippen MR) is 69.1 cm³/mol. The number of halogens is 1. The normalized spacial score (nSPS) is 10.8. The summed E-state index contributed by atoms with van der Waals surface area (Å²) in [5, 5.41) is 15.9. The van der Waals surface area contributed by atoms with Crippen LogP contribution in [-0.4, -0.2) is 16.3 Å². The van der Waals surface area contributed by atoms with Crippen LogP contribution in [0, 0.1) is 0 Å². The maximum Gasteiger partial charge on any atom is 0.203 e. The van der Waals surface area contributed by atoms with Crippen LogP contribution in [0.5, 0.6) is 5.75 Å². The van der Waals surface area contributed by atoms with Gasteiger partial charge in [-0.25, -0.2) is 4.98 Å². The lowest BCUT2D eigenvalue weighted by Gasteiger charge is -1.98. The van der Waals surface area contributed by atoms with E-state index in [1.54, 1.807) is 30.6 Å². The molecule has 1 aromatic heterocycles. The number of anilines is 1. The van der Waals surface area contributed by atoms with Crippen LogP contribution in [0.2, 0.25) is 0 Å². The molecule has 2 aromatic rings. The molecule has 2 N–H and O–H groups in total. The molecule has 0 fully saturated rings. The van der Waals surface area contributed by atoms with Gasteiger partial charge in [-0.3, -0.25) is 5.43 Å². The molecule has 0 bridgehead atoms. The first-order valence-corrected chi connectivity index (χ1v) is 6.10. The van der Waals surface area contributed by atoms with Crippen molar-refractivity contribution < 1.29 is 5.11 Å². The van der Waals surface area contributed by atoms with Crippen LogP contribution >= 0.6 is 27.3 Å². The van der Waals surface area contributed by atoms with Crippen molar-refractivity contribution in [1.29, 1.82) is 0 Å². The Morgan fingerprint density at radius 3 is 3.06 bits per heavy atom. The Bertz CT molecular complexity index is 499. The number of rotatable bonds is 3. The van der Waals surface area contributed by atoms with E-state index < -0.39 is 0 Å². The molecule has 0 amide bonds. The van der Waals surface area contributed by atoms with Gasteiger partial charge in [0.2, 0.25) is 5.13 Å². The Hall–Kier alpha value is -1.40. The second kappa shape index (κ2) is 5.09. The van der Waals surface area contributed by atoms with Gasteiger partial charge in [-0.05, 0) is 39.7 Å². The minimum atomic E-state index is 0.213. The predicted octanol–water partition coefficient (Wildman–Crippen LogP) is 3.06. The molecule has 0 radical (unpaired) electrons. The van der Waals surface area contributed by atoms with Crippen molar-refractivity contribution in [3.63, 3.8) is 0 Å². The highest BCUT2D eigenvalue weighted by molar-refractivity contribution is 9.10. The van der Waals surface area contributed by atoms with E-state index in [0.29, 0.717) is 4.47 Å². The lowest BCUT2D eigenvalue weighted by molar-refractivity contribution is 0.472. The minimum absolute atomic E-state index is 0.213. The molecule has 2 rings (SSSR count). The topological polar surface area (TPSA) is 57.5 Å². The number of nitrogens with zero attached hydrogens (tertiary/aromatic N) is 2. The molecule has 6 heteroatoms. The lowest BCUT2D eigenvalue weighted by Crippen LogP contribution is -1.89. The summed E-state index contributed by atoms with van der Waals surface area (Å²) in [5.41, 5.74) is 3.69. The average molecular weight is 298 g/mol. The third kappa shape index (κ3) is 2.80. The third-order valence-electron chi connectivity index (χ3n) is 1.78. The molecule has 0 atom stereocenters. The van der Waals surface area contributed by atoms with Crippen molar-refractivity contribution >= 4 is 38.6 Å². The van der Waals surface area contributed by atoms with Gasteiger partial charge >= 0.3 is 0 Å². The summed E-state index contributed by atoms with van der Waals surface area (Å²) in [5.74, 6) is 0.213. The summed E-state index contributed by atoms with van der Waals surface area (Å²) in [4.78, 5) is 4.02. The van der Waals surface area contributed by atoms with Crippen LogP contribution in [-0.2, 0) is 0 Å². The number of aromatic nitrogens is 1. The first-order valence-electron chi connectivity index (χ1n) is 4.43. The summed E-state index contributed by atoms with van der Waals surface area (Å²) < 4.78 is 0.644. The van der Waals surface area contributed by atoms with E-state index in [4.69, 9.17) is 0 Å². The van der Waals surface area contributed by atoms with E-state index in [0.717, 1.165) is 10.7 Å². The molecular formula is C10H8BrN3OS. The molecule has 82 valence electrons. The van der Waals surface area contributed by atoms with Gasteiger partial charge in [-0.1, -0.05) is 0 Å². The van der Waals surface area contributed by atoms with Crippen molar-refractivity contribution in [2.45, 2.75) is 0 Å². The number of nitrogens with one attached hydrogen (secondary N) is 1. The van der Waals surface area contributed by atoms with Crippen molar-refractivity contribution in [2.24, 2.45) is 5.10 Å². The number of aromatic hydroxyl groups is 1. The first kappa shape index (κ1) is 11.1. The van der Waals surface area contributed by atoms with Gasteiger partial charge in [0, 0.05) is 11.6 Å². The van der Waals surface area contributed by atoms with E-state index in [2.05, 4.69) is 31.4 Å². The largest absolute Gasteiger partial charge is 0.507 e. The minimum Gasteiger partial charge on any atom is -0.507 e. The van der Waals surface area contributed by atoms with E-state index in [-0.39, 0.29) is 5.75 Å². The quantitative estimate of drug-likeness (QED) is 0.676. The zero-order valence-corrected chi connectivity index (χ0v) is 10.5. The Morgan fingerprint density at radius 1 is 1.50 bits per heavy atom. The molecule has 16 heavy (non-hydrogen) atoms. The number of benzene rings is 1. The number of hydrogen-bond acceptors (Lipinski definition) is 5. The van der Waals surface area contributed by atoms with E-state index in [9.17, 15) is 5.11 Å². The molecule has 0 aliphatic heterocycles. The van der Waals surface area contributed by atoms with Gasteiger partial charge in [-0.2, -0.15) is 5.10 Å². The molecular weight excluding hydrogens is 290 g/mol. The summed E-state index contributed by atoms with van der Waals surface area (Å²) in [6, 6.07) is 5.16. The third-order valence-corrected chi connectivity index (χ3v) is 3.09. The average Bonchev–Trinajstić information content (AvgIpc) is 2.76. The molecule has 0 aliphatic rings. The van der Waals surface area contributed by atoms with E-state index >= 15 is 0 Å². The number of hydrogen-bond donors (Lipinski definition) is 2. The SMILES string of the molecule is Oc1ccc(/C=N\Nc2nccs2)cc1Br. The van der Waals surface area contributed by atoms with Gasteiger partial charge in [0.05, 0.1) is 10.7 Å². The summed E-state index contributed by atoms with van der Waals surface area (Å²) in [7, 11) is 0. The monoisotopic (exact) mass is 297 g/mol. The Labute approximate surface area is 105 Å². The van der Waals surface area contributed by atoms with Crippen LogP contribution in [0.15, 0.2) is 39.4 Å². The van der Waals surface area contributed by atoms with Gasteiger partial charge in [0.25, 0.3) is 0 Å². The van der Waals surface area contributed by atoms with Gasteiger partial charge in [0.15, 0.2) is 0 Å². The second-order valence-corrected chi connectivity index (χ2v) is 4.67. The van der Waals surface area contributed by atoms with Gasteiger partial charge in [-0.15, -0.1) is 11.3 Å². The molecule has 1 heterocycles. The van der Waals surface area contributed by atoms with Crippen LogP contribution < -0.4 is 5.43 Å². The van der Waals surface area contributed by atoms with Crippen molar-refractivity contribution in [3.8, 4) is 5.75 Å². The van der Waals surface area contributed by atoms with Crippen molar-refractivity contribution in [2.75, 3.05) is 5.43 Å². The molecule has 0 saturated heterocycles. The van der Waals surface area contributed by atoms with Crippen LogP contribution in [0.3, 0.4) is 0 Å². The summed E-state index contributed by atoms with van der Waals surface area (Å²) in [6.07, 6.45) is 3.37. The fourth-order valence-corrected chi connectivity index (χ4v) is 1.92. The second-order valence-electron chi connectivity index (χ2n) is 2.92.